The minimum atomic E-state index is -1.02. The number of fused-ring (bicyclic) bond motifs is 1. The molecule has 2 aromatic rings. The summed E-state index contributed by atoms with van der Waals surface area (Å²) in [6.45, 7) is 4.92. The lowest BCUT2D eigenvalue weighted by atomic mass is 9.95. The van der Waals surface area contributed by atoms with Crippen molar-refractivity contribution in [1.82, 2.24) is 9.80 Å². The normalized spacial score (nSPS) is 19.7. The van der Waals surface area contributed by atoms with Gasteiger partial charge in [0.15, 0.2) is 0 Å². The van der Waals surface area contributed by atoms with Gasteiger partial charge in [-0.1, -0.05) is 24.6 Å². The molecule has 0 radical (unpaired) electrons. The summed E-state index contributed by atoms with van der Waals surface area (Å²) in [7, 11) is -1.02. The maximum atomic E-state index is 13.1. The maximum absolute atomic E-state index is 13.1. The Morgan fingerprint density at radius 1 is 0.865 bits per heavy atom. The van der Waals surface area contributed by atoms with Gasteiger partial charge in [0.1, 0.15) is 0 Å². The first-order valence-corrected chi connectivity index (χ1v) is 15.3. The number of anilines is 1. The van der Waals surface area contributed by atoms with E-state index in [9.17, 15) is 13.8 Å². The minimum absolute atomic E-state index is 0.0167. The molecule has 37 heavy (non-hydrogen) atoms. The van der Waals surface area contributed by atoms with Gasteiger partial charge in [-0.25, -0.2) is 0 Å². The number of piperidine rings is 1. The Morgan fingerprint density at radius 2 is 1.59 bits per heavy atom. The van der Waals surface area contributed by atoms with E-state index in [1.807, 2.05) is 52.3 Å². The molecule has 3 aliphatic rings. The van der Waals surface area contributed by atoms with Crippen LogP contribution in [0.15, 0.2) is 53.4 Å². The van der Waals surface area contributed by atoms with E-state index in [-0.39, 0.29) is 17.9 Å². The van der Waals surface area contributed by atoms with Gasteiger partial charge in [0.2, 0.25) is 5.91 Å². The van der Waals surface area contributed by atoms with Crippen LogP contribution in [0.4, 0.5) is 5.69 Å². The second-order valence-electron chi connectivity index (χ2n) is 10.6. The molecule has 2 saturated heterocycles. The first kappa shape index (κ1) is 26.1. The van der Waals surface area contributed by atoms with Gasteiger partial charge in [-0.15, -0.1) is 0 Å². The van der Waals surface area contributed by atoms with E-state index in [4.69, 9.17) is 0 Å². The summed E-state index contributed by atoms with van der Waals surface area (Å²) in [4.78, 5) is 33.1. The minimum Gasteiger partial charge on any atom is -0.338 e. The van der Waals surface area contributed by atoms with Crippen LogP contribution in [0.25, 0.3) is 0 Å². The number of nitrogens with zero attached hydrogens (tertiary/aromatic N) is 3. The molecule has 2 aromatic carbocycles. The Labute approximate surface area is 223 Å². The lowest BCUT2D eigenvalue weighted by Crippen LogP contribution is -2.50. The van der Waals surface area contributed by atoms with Crippen molar-refractivity contribution in [3.05, 3.63) is 59.7 Å². The van der Waals surface area contributed by atoms with Crippen molar-refractivity contribution in [2.75, 3.05) is 43.4 Å². The number of unbranched alkanes of at least 4 members (excludes halogenated alkanes) is 2. The Bertz CT molecular complexity index is 1110. The monoisotopic (exact) mass is 521 g/mol. The average Bonchev–Trinajstić information content (AvgIpc) is 3.46. The van der Waals surface area contributed by atoms with Crippen LogP contribution in [0.2, 0.25) is 0 Å². The van der Waals surface area contributed by atoms with Gasteiger partial charge in [-0.2, -0.15) is 0 Å². The fraction of sp³-hybridized carbons (Fsp3) is 0.533. The number of carbonyl (C=O) groups excluding carboxylic acids is 2. The lowest BCUT2D eigenvalue weighted by Gasteiger charge is -2.41. The average molecular weight is 522 g/mol. The molecule has 7 heteroatoms. The van der Waals surface area contributed by atoms with Gasteiger partial charge in [0, 0.05) is 47.5 Å². The standard InChI is InChI=1S/C30H39N3O3S/c34-29-15-12-24-8-2-3-9-28(24)33(29)26-16-21-32(22-17-26)30(35)25-10-13-27(14-11-25)37(36)23-7-1-4-18-31-19-5-6-20-31/h2-3,8-11,13-14,26H,1,4-7,12,15-23H2. The van der Waals surface area contributed by atoms with Gasteiger partial charge in [0.25, 0.3) is 5.91 Å². The van der Waals surface area contributed by atoms with E-state index < -0.39 is 10.8 Å². The number of rotatable bonds is 9. The van der Waals surface area contributed by atoms with Crippen LogP contribution in [0.1, 0.15) is 67.3 Å². The number of hydrogen-bond acceptors (Lipinski definition) is 4. The molecular weight excluding hydrogens is 482 g/mol. The van der Waals surface area contributed by atoms with Crippen LogP contribution in [0, 0.1) is 0 Å². The number of benzene rings is 2. The highest BCUT2D eigenvalue weighted by molar-refractivity contribution is 7.85. The fourth-order valence-electron chi connectivity index (χ4n) is 5.98. The van der Waals surface area contributed by atoms with Crippen molar-refractivity contribution < 1.29 is 13.8 Å². The van der Waals surface area contributed by atoms with E-state index in [1.165, 1.54) is 44.5 Å². The molecule has 198 valence electrons. The molecule has 5 rings (SSSR count). The molecule has 0 spiro atoms. The Kier molecular flexibility index (Phi) is 8.72. The number of carbonyl (C=O) groups is 2. The number of para-hydroxylation sites is 1. The highest BCUT2D eigenvalue weighted by atomic mass is 32.2. The van der Waals surface area contributed by atoms with Crippen molar-refractivity contribution >= 4 is 28.3 Å². The first-order chi connectivity index (χ1) is 18.1. The van der Waals surface area contributed by atoms with Gasteiger partial charge >= 0.3 is 0 Å². The highest BCUT2D eigenvalue weighted by Gasteiger charge is 2.33. The second-order valence-corrected chi connectivity index (χ2v) is 12.2. The number of aryl methyl sites for hydroxylation is 1. The molecule has 0 saturated carbocycles. The van der Waals surface area contributed by atoms with E-state index in [0.29, 0.717) is 30.8 Å². The van der Waals surface area contributed by atoms with Crippen LogP contribution >= 0.6 is 0 Å². The molecule has 0 aromatic heterocycles. The van der Waals surface area contributed by atoms with Gasteiger partial charge < -0.3 is 14.7 Å². The zero-order chi connectivity index (χ0) is 25.6. The van der Waals surface area contributed by atoms with Crippen molar-refractivity contribution in [1.29, 1.82) is 0 Å². The quantitative estimate of drug-likeness (QED) is 0.451. The molecule has 3 aliphatic heterocycles. The summed E-state index contributed by atoms with van der Waals surface area (Å²) < 4.78 is 12.7. The summed E-state index contributed by atoms with van der Waals surface area (Å²) in [6, 6.07) is 15.7. The molecule has 2 amide bonds. The number of likely N-dealkylation sites (tertiary alicyclic amines) is 2. The predicted molar refractivity (Wildman–Crippen MR) is 148 cm³/mol. The van der Waals surface area contributed by atoms with Crippen LogP contribution in [0.3, 0.4) is 0 Å². The third kappa shape index (κ3) is 6.32. The Hall–Kier alpha value is -2.51. The van der Waals surface area contributed by atoms with E-state index in [2.05, 4.69) is 11.0 Å². The molecule has 0 bridgehead atoms. The maximum Gasteiger partial charge on any atom is 0.253 e. The molecule has 1 unspecified atom stereocenters. The smallest absolute Gasteiger partial charge is 0.253 e. The number of amides is 2. The van der Waals surface area contributed by atoms with Crippen molar-refractivity contribution in [2.24, 2.45) is 0 Å². The van der Waals surface area contributed by atoms with E-state index in [0.717, 1.165) is 42.7 Å². The SMILES string of the molecule is O=C(c1ccc(S(=O)CCCCCN2CCCC2)cc1)N1CCC(N2C(=O)CCc3ccccc32)CC1. The predicted octanol–water partition coefficient (Wildman–Crippen LogP) is 4.64. The molecule has 3 heterocycles. The molecule has 0 aliphatic carbocycles. The molecule has 2 fully saturated rings. The molecular formula is C30H39N3O3S. The second kappa shape index (κ2) is 12.4. The zero-order valence-corrected chi connectivity index (χ0v) is 22.6. The fourth-order valence-corrected chi connectivity index (χ4v) is 7.12. The summed E-state index contributed by atoms with van der Waals surface area (Å²) in [5.74, 6) is 0.890. The van der Waals surface area contributed by atoms with Crippen LogP contribution in [-0.2, 0) is 22.0 Å². The van der Waals surface area contributed by atoms with Crippen LogP contribution < -0.4 is 4.90 Å². The molecule has 1 atom stereocenters. The van der Waals surface area contributed by atoms with Gasteiger partial charge in [0.05, 0.1) is 10.8 Å². The van der Waals surface area contributed by atoms with Crippen molar-refractivity contribution in [3.63, 3.8) is 0 Å². The topological polar surface area (TPSA) is 60.9 Å². The summed E-state index contributed by atoms with van der Waals surface area (Å²) in [6.07, 6.45) is 8.86. The summed E-state index contributed by atoms with van der Waals surface area (Å²) >= 11 is 0. The first-order valence-electron chi connectivity index (χ1n) is 14.0. The Morgan fingerprint density at radius 3 is 2.35 bits per heavy atom. The van der Waals surface area contributed by atoms with Crippen molar-refractivity contribution in [3.8, 4) is 0 Å². The van der Waals surface area contributed by atoms with Crippen LogP contribution in [-0.4, -0.2) is 70.3 Å². The lowest BCUT2D eigenvalue weighted by molar-refractivity contribution is -0.119. The molecule has 0 N–H and O–H groups in total. The zero-order valence-electron chi connectivity index (χ0n) is 21.8. The highest BCUT2D eigenvalue weighted by Crippen LogP contribution is 2.32. The number of hydrogen-bond donors (Lipinski definition) is 0. The summed E-state index contributed by atoms with van der Waals surface area (Å²) in [5, 5.41) is 0. The van der Waals surface area contributed by atoms with Gasteiger partial charge in [-0.3, -0.25) is 13.8 Å². The Balaban J connectivity index is 1.09. The van der Waals surface area contributed by atoms with E-state index >= 15 is 0 Å². The summed E-state index contributed by atoms with van der Waals surface area (Å²) in [5.41, 5.74) is 2.92. The molecule has 6 nitrogen and oxygen atoms in total. The van der Waals surface area contributed by atoms with Crippen LogP contribution in [0.5, 0.6) is 0 Å². The van der Waals surface area contributed by atoms with Gasteiger partial charge in [-0.05, 0) is 100 Å². The largest absolute Gasteiger partial charge is 0.338 e. The third-order valence-electron chi connectivity index (χ3n) is 8.11. The van der Waals surface area contributed by atoms with E-state index in [1.54, 1.807) is 0 Å². The third-order valence-corrected chi connectivity index (χ3v) is 9.57. The van der Waals surface area contributed by atoms with Crippen molar-refractivity contribution in [2.45, 2.75) is 68.7 Å².